The first-order valence-electron chi connectivity index (χ1n) is 8.63. The maximum atomic E-state index is 5.89. The zero-order valence-corrected chi connectivity index (χ0v) is 14.3. The lowest BCUT2D eigenvalue weighted by Gasteiger charge is -2.40. The molecule has 0 radical (unpaired) electrons. The van der Waals surface area contributed by atoms with E-state index in [1.165, 1.54) is 38.6 Å². The highest BCUT2D eigenvalue weighted by atomic mass is 16.5. The standard InChI is InChI=1S/C18H35NO/c1-14(2)12-20-9-8-18(13-19-17(3,4)5)11-15-6-7-16(18)10-15/h14-16,19H,6-13H2,1-5H3. The molecule has 3 atom stereocenters. The summed E-state index contributed by atoms with van der Waals surface area (Å²) in [5.41, 5.74) is 0.751. The van der Waals surface area contributed by atoms with E-state index in [1.54, 1.807) is 0 Å². The highest BCUT2D eigenvalue weighted by Gasteiger charge is 2.50. The van der Waals surface area contributed by atoms with Crippen molar-refractivity contribution in [3.63, 3.8) is 0 Å². The van der Waals surface area contributed by atoms with Crippen molar-refractivity contribution in [2.75, 3.05) is 19.8 Å². The Morgan fingerprint density at radius 3 is 2.50 bits per heavy atom. The Morgan fingerprint density at radius 1 is 1.25 bits per heavy atom. The summed E-state index contributed by atoms with van der Waals surface area (Å²) in [5, 5.41) is 3.78. The first-order chi connectivity index (χ1) is 9.31. The van der Waals surface area contributed by atoms with Gasteiger partial charge in [-0.1, -0.05) is 20.3 Å². The molecule has 2 fully saturated rings. The van der Waals surface area contributed by atoms with Crippen LogP contribution in [0.5, 0.6) is 0 Å². The number of rotatable bonds is 7. The van der Waals surface area contributed by atoms with E-state index in [0.717, 1.165) is 25.0 Å². The summed E-state index contributed by atoms with van der Waals surface area (Å²) in [6.45, 7) is 14.4. The number of hydrogen-bond acceptors (Lipinski definition) is 2. The summed E-state index contributed by atoms with van der Waals surface area (Å²) in [4.78, 5) is 0. The monoisotopic (exact) mass is 281 g/mol. The van der Waals surface area contributed by atoms with Crippen LogP contribution >= 0.6 is 0 Å². The normalized spacial score (nSPS) is 33.3. The van der Waals surface area contributed by atoms with Crippen LogP contribution in [0.1, 0.15) is 66.7 Å². The zero-order valence-electron chi connectivity index (χ0n) is 14.3. The van der Waals surface area contributed by atoms with Crippen molar-refractivity contribution in [1.82, 2.24) is 5.32 Å². The second-order valence-corrected chi connectivity index (χ2v) is 8.76. The summed E-state index contributed by atoms with van der Waals surface area (Å²) in [5.74, 6) is 2.61. The van der Waals surface area contributed by atoms with E-state index in [1.807, 2.05) is 0 Å². The molecule has 2 bridgehead atoms. The van der Waals surface area contributed by atoms with Gasteiger partial charge in [-0.25, -0.2) is 0 Å². The SMILES string of the molecule is CC(C)COCCC1(CNC(C)(C)C)CC2CCC1C2. The summed E-state index contributed by atoms with van der Waals surface area (Å²) in [6, 6.07) is 0. The molecule has 3 unspecified atom stereocenters. The van der Waals surface area contributed by atoms with Crippen LogP contribution in [0.25, 0.3) is 0 Å². The minimum atomic E-state index is 0.230. The molecule has 2 heteroatoms. The lowest BCUT2D eigenvalue weighted by molar-refractivity contribution is 0.0484. The van der Waals surface area contributed by atoms with Crippen LogP contribution in [0, 0.1) is 23.2 Å². The topological polar surface area (TPSA) is 21.3 Å². The molecule has 2 saturated carbocycles. The van der Waals surface area contributed by atoms with Gasteiger partial charge < -0.3 is 10.1 Å². The molecule has 2 aliphatic carbocycles. The molecule has 2 rings (SSSR count). The minimum absolute atomic E-state index is 0.230. The van der Waals surface area contributed by atoms with Gasteiger partial charge in [0.25, 0.3) is 0 Å². The third-order valence-corrected chi connectivity index (χ3v) is 5.27. The second-order valence-electron chi connectivity index (χ2n) is 8.76. The molecule has 0 saturated heterocycles. The van der Waals surface area contributed by atoms with Gasteiger partial charge in [0.15, 0.2) is 0 Å². The van der Waals surface area contributed by atoms with Gasteiger partial charge in [0, 0.05) is 25.3 Å². The maximum Gasteiger partial charge on any atom is 0.0488 e. The van der Waals surface area contributed by atoms with Crippen LogP contribution in [0.4, 0.5) is 0 Å². The lowest BCUT2D eigenvalue weighted by atomic mass is 9.70. The molecule has 2 aliphatic rings. The fourth-order valence-corrected chi connectivity index (χ4v) is 4.20. The molecule has 0 spiro atoms. The van der Waals surface area contributed by atoms with Gasteiger partial charge in [0.1, 0.15) is 0 Å². The van der Waals surface area contributed by atoms with E-state index in [-0.39, 0.29) is 5.54 Å². The average molecular weight is 281 g/mol. The van der Waals surface area contributed by atoms with Gasteiger partial charge >= 0.3 is 0 Å². The third-order valence-electron chi connectivity index (χ3n) is 5.27. The van der Waals surface area contributed by atoms with E-state index >= 15 is 0 Å². The molecule has 1 N–H and O–H groups in total. The molecule has 0 aliphatic heterocycles. The number of ether oxygens (including phenoxy) is 1. The van der Waals surface area contributed by atoms with Crippen molar-refractivity contribution in [3.8, 4) is 0 Å². The fourth-order valence-electron chi connectivity index (χ4n) is 4.20. The first kappa shape index (κ1) is 16.3. The van der Waals surface area contributed by atoms with E-state index in [0.29, 0.717) is 11.3 Å². The summed E-state index contributed by atoms with van der Waals surface area (Å²) in [7, 11) is 0. The molecule has 0 heterocycles. The van der Waals surface area contributed by atoms with Crippen molar-refractivity contribution >= 4 is 0 Å². The van der Waals surface area contributed by atoms with Crippen LogP contribution in [-0.4, -0.2) is 25.3 Å². The van der Waals surface area contributed by atoms with Gasteiger partial charge in [-0.3, -0.25) is 0 Å². The summed E-state index contributed by atoms with van der Waals surface area (Å²) in [6.07, 6.45) is 7.11. The van der Waals surface area contributed by atoms with Gasteiger partial charge in [-0.05, 0) is 69.6 Å². The van der Waals surface area contributed by atoms with Gasteiger partial charge in [-0.2, -0.15) is 0 Å². The van der Waals surface area contributed by atoms with Gasteiger partial charge in [0.2, 0.25) is 0 Å². The van der Waals surface area contributed by atoms with Gasteiger partial charge in [0.05, 0.1) is 0 Å². The van der Waals surface area contributed by atoms with Crippen molar-refractivity contribution in [1.29, 1.82) is 0 Å². The van der Waals surface area contributed by atoms with Crippen LogP contribution in [0.3, 0.4) is 0 Å². The summed E-state index contributed by atoms with van der Waals surface area (Å²) < 4.78 is 5.89. The number of fused-ring (bicyclic) bond motifs is 2. The quantitative estimate of drug-likeness (QED) is 0.705. The van der Waals surface area contributed by atoms with E-state index < -0.39 is 0 Å². The van der Waals surface area contributed by atoms with Gasteiger partial charge in [-0.15, -0.1) is 0 Å². The Bertz CT molecular complexity index is 307. The Kier molecular flexibility index (Phi) is 5.18. The minimum Gasteiger partial charge on any atom is -0.381 e. The summed E-state index contributed by atoms with van der Waals surface area (Å²) >= 11 is 0. The Morgan fingerprint density at radius 2 is 2.00 bits per heavy atom. The average Bonchev–Trinajstić information content (AvgIpc) is 2.92. The van der Waals surface area contributed by atoms with Crippen molar-refractivity contribution < 1.29 is 4.74 Å². The Hall–Kier alpha value is -0.0800. The van der Waals surface area contributed by atoms with E-state index in [2.05, 4.69) is 39.9 Å². The largest absolute Gasteiger partial charge is 0.381 e. The van der Waals surface area contributed by atoms with Crippen LogP contribution in [-0.2, 0) is 4.74 Å². The van der Waals surface area contributed by atoms with E-state index in [4.69, 9.17) is 4.74 Å². The first-order valence-corrected chi connectivity index (χ1v) is 8.63. The predicted octanol–water partition coefficient (Wildman–Crippen LogP) is 4.24. The second kappa shape index (κ2) is 6.36. The number of hydrogen-bond donors (Lipinski definition) is 1. The van der Waals surface area contributed by atoms with Crippen LogP contribution in [0.2, 0.25) is 0 Å². The molecule has 0 aromatic rings. The molecular formula is C18H35NO. The van der Waals surface area contributed by atoms with Crippen LogP contribution in [0.15, 0.2) is 0 Å². The molecule has 20 heavy (non-hydrogen) atoms. The maximum absolute atomic E-state index is 5.89. The Labute approximate surface area is 126 Å². The third kappa shape index (κ3) is 4.21. The molecular weight excluding hydrogens is 246 g/mol. The van der Waals surface area contributed by atoms with E-state index in [9.17, 15) is 0 Å². The Balaban J connectivity index is 1.88. The highest BCUT2D eigenvalue weighted by Crippen LogP contribution is 2.57. The molecule has 0 aromatic carbocycles. The molecule has 2 nitrogen and oxygen atoms in total. The molecule has 0 amide bonds. The molecule has 0 aromatic heterocycles. The fraction of sp³-hybridized carbons (Fsp3) is 1.00. The van der Waals surface area contributed by atoms with Crippen molar-refractivity contribution in [2.45, 2.75) is 72.3 Å². The number of nitrogens with one attached hydrogen (secondary N) is 1. The van der Waals surface area contributed by atoms with Crippen molar-refractivity contribution in [2.24, 2.45) is 23.2 Å². The smallest absolute Gasteiger partial charge is 0.0488 e. The lowest BCUT2D eigenvalue weighted by Crippen LogP contribution is -2.46. The predicted molar refractivity (Wildman–Crippen MR) is 85.9 cm³/mol. The van der Waals surface area contributed by atoms with Crippen molar-refractivity contribution in [3.05, 3.63) is 0 Å². The molecule has 118 valence electrons. The zero-order chi connectivity index (χ0) is 14.8. The highest BCUT2D eigenvalue weighted by molar-refractivity contribution is 5.02. The van der Waals surface area contributed by atoms with Crippen LogP contribution < -0.4 is 5.32 Å².